The van der Waals surface area contributed by atoms with E-state index in [9.17, 15) is 0 Å². The van der Waals surface area contributed by atoms with E-state index < -0.39 is 0 Å². The first-order valence-corrected chi connectivity index (χ1v) is 6.95. The Morgan fingerprint density at radius 2 is 2.15 bits per heavy atom. The topological polar surface area (TPSA) is 51.6 Å². The van der Waals surface area contributed by atoms with Crippen LogP contribution in [-0.2, 0) is 13.1 Å². The normalized spacial score (nSPS) is 14.7. The molecule has 1 aliphatic carbocycles. The van der Waals surface area contributed by atoms with Gasteiger partial charge in [-0.15, -0.1) is 0 Å². The molecule has 0 saturated heterocycles. The van der Waals surface area contributed by atoms with Crippen molar-refractivity contribution >= 4 is 5.69 Å². The molecule has 1 saturated carbocycles. The molecule has 0 spiro atoms. The third-order valence-corrected chi connectivity index (χ3v) is 3.73. The highest BCUT2D eigenvalue weighted by molar-refractivity contribution is 5.50. The molecule has 1 fully saturated rings. The van der Waals surface area contributed by atoms with Crippen LogP contribution in [-0.4, -0.2) is 18.1 Å². The van der Waals surface area contributed by atoms with Gasteiger partial charge in [0.05, 0.1) is 19.9 Å². The molecule has 4 heteroatoms. The standard InChI is InChI=1S/C16H20N2O2/c1-19-14-6-7-16(17)12(9-14)10-18(13-4-5-13)11-15-3-2-8-20-15/h2-3,6-9,13H,4-5,10-11,17H2,1H3. The molecule has 0 atom stereocenters. The molecule has 1 aromatic heterocycles. The highest BCUT2D eigenvalue weighted by Crippen LogP contribution is 2.31. The molecule has 20 heavy (non-hydrogen) atoms. The van der Waals surface area contributed by atoms with Gasteiger partial charge in [0.2, 0.25) is 0 Å². The van der Waals surface area contributed by atoms with Gasteiger partial charge in [0.15, 0.2) is 0 Å². The van der Waals surface area contributed by atoms with Crippen molar-refractivity contribution in [2.24, 2.45) is 0 Å². The van der Waals surface area contributed by atoms with E-state index in [1.807, 2.05) is 30.3 Å². The van der Waals surface area contributed by atoms with Crippen molar-refractivity contribution in [3.8, 4) is 5.75 Å². The molecule has 0 unspecified atom stereocenters. The molecule has 2 aromatic rings. The summed E-state index contributed by atoms with van der Waals surface area (Å²) in [4.78, 5) is 2.42. The summed E-state index contributed by atoms with van der Waals surface area (Å²) in [6.45, 7) is 1.66. The Labute approximate surface area is 119 Å². The lowest BCUT2D eigenvalue weighted by Gasteiger charge is -2.22. The Hall–Kier alpha value is -1.94. The van der Waals surface area contributed by atoms with Gasteiger partial charge in [-0.3, -0.25) is 4.90 Å². The number of methoxy groups -OCH3 is 1. The van der Waals surface area contributed by atoms with Crippen LogP contribution in [0.5, 0.6) is 5.75 Å². The summed E-state index contributed by atoms with van der Waals surface area (Å²) in [5, 5.41) is 0. The number of ether oxygens (including phenoxy) is 1. The lowest BCUT2D eigenvalue weighted by atomic mass is 10.1. The smallest absolute Gasteiger partial charge is 0.119 e. The van der Waals surface area contributed by atoms with Crippen LogP contribution in [0.15, 0.2) is 41.0 Å². The number of nitrogens with zero attached hydrogens (tertiary/aromatic N) is 1. The summed E-state index contributed by atoms with van der Waals surface area (Å²) >= 11 is 0. The molecular weight excluding hydrogens is 252 g/mol. The van der Waals surface area contributed by atoms with Gasteiger partial charge in [0, 0.05) is 18.3 Å². The van der Waals surface area contributed by atoms with Crippen molar-refractivity contribution in [2.45, 2.75) is 32.0 Å². The Morgan fingerprint density at radius 3 is 2.80 bits per heavy atom. The molecule has 0 aliphatic heterocycles. The van der Waals surface area contributed by atoms with Crippen molar-refractivity contribution in [3.63, 3.8) is 0 Å². The van der Waals surface area contributed by atoms with E-state index in [0.29, 0.717) is 6.04 Å². The van der Waals surface area contributed by atoms with Crippen LogP contribution < -0.4 is 10.5 Å². The lowest BCUT2D eigenvalue weighted by molar-refractivity contribution is 0.225. The Kier molecular flexibility index (Phi) is 3.65. The zero-order valence-corrected chi connectivity index (χ0v) is 11.7. The molecule has 1 heterocycles. The fraction of sp³-hybridized carbons (Fsp3) is 0.375. The van der Waals surface area contributed by atoms with Crippen LogP contribution in [0.3, 0.4) is 0 Å². The monoisotopic (exact) mass is 272 g/mol. The van der Waals surface area contributed by atoms with Crippen molar-refractivity contribution < 1.29 is 9.15 Å². The largest absolute Gasteiger partial charge is 0.497 e. The van der Waals surface area contributed by atoms with Gasteiger partial charge < -0.3 is 14.9 Å². The van der Waals surface area contributed by atoms with Crippen LogP contribution in [0.4, 0.5) is 5.69 Å². The zero-order chi connectivity index (χ0) is 13.9. The Bertz CT molecular complexity index is 562. The summed E-state index contributed by atoms with van der Waals surface area (Å²) in [5.74, 6) is 1.85. The molecule has 0 bridgehead atoms. The van der Waals surface area contributed by atoms with E-state index >= 15 is 0 Å². The Balaban J connectivity index is 1.76. The molecule has 0 radical (unpaired) electrons. The maximum Gasteiger partial charge on any atom is 0.119 e. The quantitative estimate of drug-likeness (QED) is 0.821. The number of anilines is 1. The van der Waals surface area contributed by atoms with E-state index in [1.165, 1.54) is 12.8 Å². The van der Waals surface area contributed by atoms with Gasteiger partial charge in [-0.1, -0.05) is 0 Å². The maximum absolute atomic E-state index is 6.08. The van der Waals surface area contributed by atoms with E-state index in [1.54, 1.807) is 13.4 Å². The molecule has 1 aromatic carbocycles. The summed E-state index contributed by atoms with van der Waals surface area (Å²) in [5.41, 5.74) is 8.01. The van der Waals surface area contributed by atoms with Gasteiger partial charge in [0.1, 0.15) is 11.5 Å². The number of hydrogen-bond acceptors (Lipinski definition) is 4. The van der Waals surface area contributed by atoms with Crippen molar-refractivity contribution in [1.82, 2.24) is 4.90 Å². The third-order valence-electron chi connectivity index (χ3n) is 3.73. The van der Waals surface area contributed by atoms with Crippen LogP contribution in [0.25, 0.3) is 0 Å². The number of furan rings is 1. The van der Waals surface area contributed by atoms with Crippen molar-refractivity contribution in [3.05, 3.63) is 47.9 Å². The SMILES string of the molecule is COc1ccc(N)c(CN(Cc2ccco2)C2CC2)c1. The zero-order valence-electron chi connectivity index (χ0n) is 11.7. The van der Waals surface area contributed by atoms with Crippen LogP contribution in [0.2, 0.25) is 0 Å². The predicted molar refractivity (Wildman–Crippen MR) is 78.4 cm³/mol. The second-order valence-corrected chi connectivity index (χ2v) is 5.28. The Morgan fingerprint density at radius 1 is 1.30 bits per heavy atom. The van der Waals surface area contributed by atoms with Crippen molar-refractivity contribution in [2.75, 3.05) is 12.8 Å². The third kappa shape index (κ3) is 2.96. The van der Waals surface area contributed by atoms with E-state index in [2.05, 4.69) is 4.90 Å². The number of benzene rings is 1. The molecular formula is C16H20N2O2. The minimum Gasteiger partial charge on any atom is -0.497 e. The minimum atomic E-state index is 0.644. The lowest BCUT2D eigenvalue weighted by Crippen LogP contribution is -2.25. The second-order valence-electron chi connectivity index (χ2n) is 5.28. The summed E-state index contributed by atoms with van der Waals surface area (Å²) in [6, 6.07) is 10.4. The first-order chi connectivity index (χ1) is 9.76. The van der Waals surface area contributed by atoms with Gasteiger partial charge in [-0.2, -0.15) is 0 Å². The van der Waals surface area contributed by atoms with Crippen LogP contribution in [0, 0.1) is 0 Å². The molecule has 1 aliphatic rings. The molecule has 106 valence electrons. The first-order valence-electron chi connectivity index (χ1n) is 6.95. The average molecular weight is 272 g/mol. The molecule has 4 nitrogen and oxygen atoms in total. The van der Waals surface area contributed by atoms with Crippen molar-refractivity contribution in [1.29, 1.82) is 0 Å². The summed E-state index contributed by atoms with van der Waals surface area (Å²) < 4.78 is 10.7. The van der Waals surface area contributed by atoms with Gasteiger partial charge in [-0.05, 0) is 48.7 Å². The van der Waals surface area contributed by atoms with E-state index in [-0.39, 0.29) is 0 Å². The van der Waals surface area contributed by atoms with Gasteiger partial charge >= 0.3 is 0 Å². The number of nitrogen functional groups attached to an aromatic ring is 1. The summed E-state index contributed by atoms with van der Waals surface area (Å²) in [7, 11) is 1.68. The average Bonchev–Trinajstić information content (AvgIpc) is 3.18. The molecule has 3 rings (SSSR count). The fourth-order valence-corrected chi connectivity index (χ4v) is 2.42. The van der Waals surface area contributed by atoms with E-state index in [0.717, 1.165) is 35.9 Å². The number of hydrogen-bond donors (Lipinski definition) is 1. The highest BCUT2D eigenvalue weighted by atomic mass is 16.5. The van der Waals surface area contributed by atoms with Crippen LogP contribution >= 0.6 is 0 Å². The van der Waals surface area contributed by atoms with Gasteiger partial charge in [-0.25, -0.2) is 0 Å². The fourth-order valence-electron chi connectivity index (χ4n) is 2.42. The highest BCUT2D eigenvalue weighted by Gasteiger charge is 2.29. The number of nitrogens with two attached hydrogens (primary N) is 1. The maximum atomic E-state index is 6.08. The van der Waals surface area contributed by atoms with E-state index in [4.69, 9.17) is 14.9 Å². The van der Waals surface area contributed by atoms with Gasteiger partial charge in [0.25, 0.3) is 0 Å². The summed E-state index contributed by atoms with van der Waals surface area (Å²) in [6.07, 6.45) is 4.23. The molecule has 2 N–H and O–H groups in total. The van der Waals surface area contributed by atoms with Crippen LogP contribution in [0.1, 0.15) is 24.2 Å². The molecule has 0 amide bonds. The second kappa shape index (κ2) is 5.59. The first kappa shape index (κ1) is 13.1. The number of rotatable bonds is 6. The predicted octanol–water partition coefficient (Wildman–Crippen LogP) is 3.04. The minimum absolute atomic E-state index is 0.644.